The molecule has 2 amide bonds. The highest BCUT2D eigenvalue weighted by molar-refractivity contribution is 5.79. The number of hydrogen-bond donors (Lipinski definition) is 2. The van der Waals surface area contributed by atoms with Crippen LogP contribution in [0.3, 0.4) is 0 Å². The van der Waals surface area contributed by atoms with Crippen LogP contribution in [0.25, 0.3) is 10.9 Å². The standard InChI is InChI=1S/C30H38N4O2/c35-29-25(20-24-14-8-9-17-27(24)32-29)21-34(30(36)31-26-15-6-2-7-16-26)22-28(23-12-4-1-5-13-23)33-18-10-3-11-19-33/h1,4-5,8-9,12-14,17,20,26,28H,2-3,6-7,10-11,15-16,18-19,21-22H2,(H,31,36)(H,32,35). The zero-order chi connectivity index (χ0) is 24.7. The Morgan fingerprint density at radius 2 is 1.64 bits per heavy atom. The van der Waals surface area contributed by atoms with Gasteiger partial charge in [0.15, 0.2) is 0 Å². The van der Waals surface area contributed by atoms with Gasteiger partial charge in [-0.3, -0.25) is 9.69 Å². The first-order valence-electron chi connectivity index (χ1n) is 13.6. The van der Waals surface area contributed by atoms with Gasteiger partial charge < -0.3 is 15.2 Å². The third-order valence-corrected chi connectivity index (χ3v) is 7.82. The van der Waals surface area contributed by atoms with E-state index < -0.39 is 0 Å². The molecule has 2 aliphatic rings. The fourth-order valence-electron chi connectivity index (χ4n) is 5.79. The monoisotopic (exact) mass is 486 g/mol. The maximum Gasteiger partial charge on any atom is 0.317 e. The van der Waals surface area contributed by atoms with Crippen LogP contribution in [-0.4, -0.2) is 46.5 Å². The number of amides is 2. The van der Waals surface area contributed by atoms with Crippen molar-refractivity contribution >= 4 is 16.9 Å². The van der Waals surface area contributed by atoms with Gasteiger partial charge in [0, 0.05) is 23.7 Å². The molecule has 0 spiro atoms. The van der Waals surface area contributed by atoms with Crippen molar-refractivity contribution in [2.75, 3.05) is 19.6 Å². The SMILES string of the molecule is O=C(NC1CCCCC1)N(Cc1cc2ccccc2[nH]c1=O)CC(c1ccccc1)N1CCCCC1. The van der Waals surface area contributed by atoms with Crippen LogP contribution in [0.15, 0.2) is 65.5 Å². The highest BCUT2D eigenvalue weighted by Crippen LogP contribution is 2.27. The molecule has 1 saturated carbocycles. The third kappa shape index (κ3) is 5.98. The lowest BCUT2D eigenvalue weighted by molar-refractivity contribution is 0.119. The van der Waals surface area contributed by atoms with Crippen LogP contribution < -0.4 is 10.9 Å². The second kappa shape index (κ2) is 11.7. The molecule has 36 heavy (non-hydrogen) atoms. The van der Waals surface area contributed by atoms with Gasteiger partial charge in [-0.2, -0.15) is 0 Å². The van der Waals surface area contributed by atoms with Crippen molar-refractivity contribution in [1.82, 2.24) is 20.1 Å². The number of carbonyl (C=O) groups is 1. The Balaban J connectivity index is 1.45. The van der Waals surface area contributed by atoms with Crippen molar-refractivity contribution < 1.29 is 4.79 Å². The summed E-state index contributed by atoms with van der Waals surface area (Å²) in [6, 6.07) is 20.5. The van der Waals surface area contributed by atoms with Crippen LogP contribution >= 0.6 is 0 Å². The molecule has 190 valence electrons. The van der Waals surface area contributed by atoms with Crippen LogP contribution in [0.5, 0.6) is 0 Å². The topological polar surface area (TPSA) is 68.4 Å². The number of rotatable bonds is 7. The fraction of sp³-hybridized carbons (Fsp3) is 0.467. The average molecular weight is 487 g/mol. The van der Waals surface area contributed by atoms with E-state index in [1.54, 1.807) is 0 Å². The first kappa shape index (κ1) is 24.6. The number of fused-ring (bicyclic) bond motifs is 1. The van der Waals surface area contributed by atoms with E-state index in [0.29, 0.717) is 12.1 Å². The molecular formula is C30H38N4O2. The predicted octanol–water partition coefficient (Wildman–Crippen LogP) is 5.60. The second-order valence-corrected chi connectivity index (χ2v) is 10.4. The smallest absolute Gasteiger partial charge is 0.317 e. The molecule has 3 aromatic rings. The predicted molar refractivity (Wildman–Crippen MR) is 145 cm³/mol. The van der Waals surface area contributed by atoms with Crippen molar-refractivity contribution in [3.05, 3.63) is 82.1 Å². The summed E-state index contributed by atoms with van der Waals surface area (Å²) in [5.41, 5.74) is 2.54. The number of aromatic nitrogens is 1. The normalized spacial score (nSPS) is 18.1. The molecule has 1 saturated heterocycles. The number of piperidine rings is 1. The molecule has 1 aliphatic heterocycles. The quantitative estimate of drug-likeness (QED) is 0.457. The van der Waals surface area contributed by atoms with Crippen LogP contribution in [-0.2, 0) is 6.54 Å². The van der Waals surface area contributed by atoms with Crippen LogP contribution in [0.2, 0.25) is 0 Å². The van der Waals surface area contributed by atoms with Crippen molar-refractivity contribution in [2.24, 2.45) is 0 Å². The van der Waals surface area contributed by atoms with Gasteiger partial charge >= 0.3 is 6.03 Å². The Morgan fingerprint density at radius 1 is 0.944 bits per heavy atom. The Morgan fingerprint density at radius 3 is 2.42 bits per heavy atom. The number of aromatic amines is 1. The van der Waals surface area contributed by atoms with Crippen molar-refractivity contribution in [2.45, 2.75) is 70.0 Å². The van der Waals surface area contributed by atoms with Crippen LogP contribution in [0.4, 0.5) is 4.79 Å². The maximum absolute atomic E-state index is 13.7. The summed E-state index contributed by atoms with van der Waals surface area (Å²) >= 11 is 0. The minimum absolute atomic E-state index is 0.0626. The summed E-state index contributed by atoms with van der Waals surface area (Å²) < 4.78 is 0. The summed E-state index contributed by atoms with van der Waals surface area (Å²) in [6.07, 6.45) is 9.26. The number of benzene rings is 2. The molecule has 5 rings (SSSR count). The molecule has 6 heteroatoms. The molecular weight excluding hydrogens is 448 g/mol. The van der Waals surface area contributed by atoms with Crippen LogP contribution in [0.1, 0.15) is 68.5 Å². The molecule has 1 aromatic heterocycles. The van der Waals surface area contributed by atoms with Gasteiger partial charge in [0.25, 0.3) is 5.56 Å². The zero-order valence-electron chi connectivity index (χ0n) is 21.1. The molecule has 2 heterocycles. The Bertz CT molecular complexity index is 1200. The molecule has 2 N–H and O–H groups in total. The van der Waals surface area contributed by atoms with E-state index in [-0.39, 0.29) is 30.2 Å². The molecule has 1 unspecified atom stereocenters. The lowest BCUT2D eigenvalue weighted by Gasteiger charge is -2.38. The van der Waals surface area contributed by atoms with E-state index in [1.165, 1.54) is 31.2 Å². The van der Waals surface area contributed by atoms with E-state index in [1.807, 2.05) is 41.3 Å². The van der Waals surface area contributed by atoms with Crippen LogP contribution in [0, 0.1) is 0 Å². The Hall–Kier alpha value is -3.12. The number of nitrogens with one attached hydrogen (secondary N) is 2. The van der Waals surface area contributed by atoms with E-state index in [9.17, 15) is 9.59 Å². The number of urea groups is 1. The molecule has 0 bridgehead atoms. The molecule has 1 atom stereocenters. The number of nitrogens with zero attached hydrogens (tertiary/aromatic N) is 2. The summed E-state index contributed by atoms with van der Waals surface area (Å²) in [6.45, 7) is 2.91. The Kier molecular flexibility index (Phi) is 8.01. The number of pyridine rings is 1. The maximum atomic E-state index is 13.7. The first-order chi connectivity index (χ1) is 17.7. The van der Waals surface area contributed by atoms with Gasteiger partial charge in [-0.1, -0.05) is 74.2 Å². The van der Waals surface area contributed by atoms with E-state index in [0.717, 1.165) is 49.7 Å². The van der Waals surface area contributed by atoms with Crippen molar-refractivity contribution in [3.8, 4) is 0 Å². The average Bonchev–Trinajstić information content (AvgIpc) is 2.92. The lowest BCUT2D eigenvalue weighted by Crippen LogP contribution is -2.49. The van der Waals surface area contributed by atoms with Gasteiger partial charge in [-0.15, -0.1) is 0 Å². The molecule has 2 fully saturated rings. The molecule has 0 radical (unpaired) electrons. The first-order valence-corrected chi connectivity index (χ1v) is 13.6. The fourth-order valence-corrected chi connectivity index (χ4v) is 5.79. The molecule has 6 nitrogen and oxygen atoms in total. The second-order valence-electron chi connectivity index (χ2n) is 10.4. The number of para-hydroxylation sites is 1. The molecule has 2 aromatic carbocycles. The largest absolute Gasteiger partial charge is 0.335 e. The van der Waals surface area contributed by atoms with E-state index in [4.69, 9.17) is 0 Å². The van der Waals surface area contributed by atoms with Gasteiger partial charge in [0.1, 0.15) is 0 Å². The minimum atomic E-state index is -0.126. The number of hydrogen-bond acceptors (Lipinski definition) is 3. The number of H-pyrrole nitrogens is 1. The van der Waals surface area contributed by atoms with Gasteiger partial charge in [-0.05, 0) is 61.9 Å². The lowest BCUT2D eigenvalue weighted by atomic mass is 9.95. The van der Waals surface area contributed by atoms with Gasteiger partial charge in [-0.25, -0.2) is 4.79 Å². The summed E-state index contributed by atoms with van der Waals surface area (Å²) in [5, 5.41) is 4.29. The van der Waals surface area contributed by atoms with Crippen molar-refractivity contribution in [3.63, 3.8) is 0 Å². The van der Waals surface area contributed by atoms with E-state index >= 15 is 0 Å². The highest BCUT2D eigenvalue weighted by atomic mass is 16.2. The molecule has 1 aliphatic carbocycles. The minimum Gasteiger partial charge on any atom is -0.335 e. The zero-order valence-corrected chi connectivity index (χ0v) is 21.1. The number of likely N-dealkylation sites (tertiary alicyclic amines) is 1. The summed E-state index contributed by atoms with van der Waals surface area (Å²) in [7, 11) is 0. The van der Waals surface area contributed by atoms with Crippen molar-refractivity contribution in [1.29, 1.82) is 0 Å². The van der Waals surface area contributed by atoms with E-state index in [2.05, 4.69) is 39.5 Å². The number of carbonyl (C=O) groups excluding carboxylic acids is 1. The Labute approximate surface area is 213 Å². The van der Waals surface area contributed by atoms with Gasteiger partial charge in [0.05, 0.1) is 12.6 Å². The summed E-state index contributed by atoms with van der Waals surface area (Å²) in [4.78, 5) is 34.1. The highest BCUT2D eigenvalue weighted by Gasteiger charge is 2.28. The van der Waals surface area contributed by atoms with Gasteiger partial charge in [0.2, 0.25) is 0 Å². The summed E-state index contributed by atoms with van der Waals surface area (Å²) in [5.74, 6) is 0. The third-order valence-electron chi connectivity index (χ3n) is 7.82.